The molecule has 0 fully saturated rings. The maximum Gasteiger partial charge on any atom is 0.168 e. The summed E-state index contributed by atoms with van der Waals surface area (Å²) in [5, 5.41) is 3.37. The second-order valence-electron chi connectivity index (χ2n) is 5.91. The van der Waals surface area contributed by atoms with E-state index in [0.717, 1.165) is 16.8 Å². The Hall–Kier alpha value is -1.31. The van der Waals surface area contributed by atoms with Crippen molar-refractivity contribution in [2.75, 3.05) is 5.32 Å². The minimum Gasteiger partial charge on any atom is -0.383 e. The lowest BCUT2D eigenvalue weighted by Crippen LogP contribution is -2.20. The predicted octanol–water partition coefficient (Wildman–Crippen LogP) is 4.04. The first-order chi connectivity index (χ1) is 7.71. The van der Waals surface area contributed by atoms with Crippen molar-refractivity contribution in [3.8, 4) is 0 Å². The summed E-state index contributed by atoms with van der Waals surface area (Å²) in [4.78, 5) is 12.1. The highest BCUT2D eigenvalue weighted by molar-refractivity contribution is 6.00. The van der Waals surface area contributed by atoms with E-state index in [-0.39, 0.29) is 11.2 Å². The average Bonchev–Trinajstić information content (AvgIpc) is 2.18. The number of anilines is 1. The minimum atomic E-state index is -0.320. The molecule has 0 bridgehead atoms. The first-order valence-electron chi connectivity index (χ1n) is 6.14. The summed E-state index contributed by atoms with van der Waals surface area (Å²) in [6.07, 6.45) is 0. The van der Waals surface area contributed by atoms with Gasteiger partial charge in [0.15, 0.2) is 5.78 Å². The summed E-state index contributed by atoms with van der Waals surface area (Å²) in [5.41, 5.74) is 2.70. The van der Waals surface area contributed by atoms with E-state index >= 15 is 0 Å². The molecule has 0 atom stereocenters. The molecule has 0 aliphatic rings. The zero-order valence-corrected chi connectivity index (χ0v) is 11.7. The van der Waals surface area contributed by atoms with Crippen LogP contribution in [0.4, 0.5) is 5.69 Å². The Morgan fingerprint density at radius 1 is 1.24 bits per heavy atom. The van der Waals surface area contributed by atoms with Gasteiger partial charge in [-0.3, -0.25) is 4.79 Å². The number of rotatable bonds is 3. The molecule has 2 nitrogen and oxygen atoms in total. The minimum absolute atomic E-state index is 0.191. The van der Waals surface area contributed by atoms with Gasteiger partial charge in [-0.25, -0.2) is 0 Å². The zero-order chi connectivity index (χ0) is 13.2. The maximum absolute atomic E-state index is 12.1. The predicted molar refractivity (Wildman–Crippen MR) is 73.7 cm³/mol. The lowest BCUT2D eigenvalue weighted by atomic mass is 9.86. The first-order valence-corrected chi connectivity index (χ1v) is 6.14. The second-order valence-corrected chi connectivity index (χ2v) is 5.91. The van der Waals surface area contributed by atoms with E-state index in [4.69, 9.17) is 0 Å². The van der Waals surface area contributed by atoms with Crippen LogP contribution in [0, 0.1) is 12.3 Å². The van der Waals surface area contributed by atoms with Crippen molar-refractivity contribution in [3.05, 3.63) is 29.3 Å². The van der Waals surface area contributed by atoms with Gasteiger partial charge < -0.3 is 5.32 Å². The molecule has 1 N–H and O–H groups in total. The van der Waals surface area contributed by atoms with Crippen LogP contribution in [-0.4, -0.2) is 11.8 Å². The Labute approximate surface area is 104 Å². The number of hydrogen-bond acceptors (Lipinski definition) is 2. The number of ketones is 1. The SMILES string of the molecule is Cc1cc(C(=O)C(C)(C)C)ccc1NC(C)C. The number of carbonyl (C=O) groups is 1. The third kappa shape index (κ3) is 3.58. The summed E-state index contributed by atoms with van der Waals surface area (Å²) in [5.74, 6) is 0.191. The zero-order valence-electron chi connectivity index (χ0n) is 11.7. The third-order valence-electron chi connectivity index (χ3n) is 2.61. The van der Waals surface area contributed by atoms with Gasteiger partial charge >= 0.3 is 0 Å². The lowest BCUT2D eigenvalue weighted by molar-refractivity contribution is 0.0858. The van der Waals surface area contributed by atoms with Gasteiger partial charge in [-0.1, -0.05) is 20.8 Å². The molecular formula is C15H23NO. The Balaban J connectivity index is 3.01. The van der Waals surface area contributed by atoms with E-state index in [1.807, 2.05) is 45.9 Å². The van der Waals surface area contributed by atoms with Crippen LogP contribution in [0.1, 0.15) is 50.5 Å². The molecule has 0 aliphatic carbocycles. The van der Waals surface area contributed by atoms with E-state index in [9.17, 15) is 4.79 Å². The number of hydrogen-bond donors (Lipinski definition) is 1. The highest BCUT2D eigenvalue weighted by Crippen LogP contribution is 2.24. The van der Waals surface area contributed by atoms with Gasteiger partial charge in [-0.05, 0) is 44.5 Å². The van der Waals surface area contributed by atoms with Crippen molar-refractivity contribution in [1.82, 2.24) is 0 Å². The topological polar surface area (TPSA) is 29.1 Å². The van der Waals surface area contributed by atoms with E-state index in [0.29, 0.717) is 6.04 Å². The fourth-order valence-electron chi connectivity index (χ4n) is 1.71. The molecule has 0 aromatic heterocycles. The van der Waals surface area contributed by atoms with E-state index < -0.39 is 0 Å². The normalized spacial score (nSPS) is 11.7. The number of nitrogens with one attached hydrogen (secondary N) is 1. The van der Waals surface area contributed by atoms with Crippen molar-refractivity contribution in [2.24, 2.45) is 5.41 Å². The fraction of sp³-hybridized carbons (Fsp3) is 0.533. The van der Waals surface area contributed by atoms with Crippen molar-refractivity contribution in [3.63, 3.8) is 0 Å². The average molecular weight is 233 g/mol. The van der Waals surface area contributed by atoms with Crippen molar-refractivity contribution in [2.45, 2.75) is 47.6 Å². The second kappa shape index (κ2) is 4.91. The van der Waals surface area contributed by atoms with Crippen LogP contribution >= 0.6 is 0 Å². The molecule has 1 aromatic carbocycles. The lowest BCUT2D eigenvalue weighted by Gasteiger charge is -2.18. The molecule has 0 saturated heterocycles. The van der Waals surface area contributed by atoms with Crippen LogP contribution in [0.25, 0.3) is 0 Å². The number of carbonyl (C=O) groups excluding carboxylic acids is 1. The number of benzene rings is 1. The molecule has 0 aliphatic heterocycles. The maximum atomic E-state index is 12.1. The molecule has 17 heavy (non-hydrogen) atoms. The Kier molecular flexibility index (Phi) is 3.97. The van der Waals surface area contributed by atoms with Gasteiger partial charge in [-0.2, -0.15) is 0 Å². The molecule has 0 heterocycles. The van der Waals surface area contributed by atoms with Gasteiger partial charge in [0.25, 0.3) is 0 Å². The van der Waals surface area contributed by atoms with E-state index in [1.165, 1.54) is 0 Å². The molecule has 0 spiro atoms. The molecule has 1 aromatic rings. The molecular weight excluding hydrogens is 210 g/mol. The van der Waals surface area contributed by atoms with Gasteiger partial charge in [0.2, 0.25) is 0 Å². The highest BCUT2D eigenvalue weighted by atomic mass is 16.1. The number of Topliss-reactive ketones (excluding diaryl/α,β-unsaturated/α-hetero) is 1. The van der Waals surface area contributed by atoms with Gasteiger partial charge in [0, 0.05) is 22.7 Å². The van der Waals surface area contributed by atoms with Gasteiger partial charge in [-0.15, -0.1) is 0 Å². The fourth-order valence-corrected chi connectivity index (χ4v) is 1.71. The summed E-state index contributed by atoms with van der Waals surface area (Å²) in [7, 11) is 0. The Morgan fingerprint density at radius 3 is 2.24 bits per heavy atom. The molecule has 2 heteroatoms. The van der Waals surface area contributed by atoms with Crippen LogP contribution in [-0.2, 0) is 0 Å². The third-order valence-corrected chi connectivity index (χ3v) is 2.61. The summed E-state index contributed by atoms with van der Waals surface area (Å²) < 4.78 is 0. The standard InChI is InChI=1S/C15H23NO/c1-10(2)16-13-8-7-12(9-11(13)3)14(17)15(4,5)6/h7-10,16H,1-6H3. The molecule has 0 unspecified atom stereocenters. The Morgan fingerprint density at radius 2 is 1.82 bits per heavy atom. The van der Waals surface area contributed by atoms with Crippen molar-refractivity contribution >= 4 is 11.5 Å². The van der Waals surface area contributed by atoms with E-state index in [2.05, 4.69) is 19.2 Å². The first kappa shape index (κ1) is 13.8. The van der Waals surface area contributed by atoms with Crippen molar-refractivity contribution in [1.29, 1.82) is 0 Å². The number of aryl methyl sites for hydroxylation is 1. The molecule has 1 rings (SSSR count). The van der Waals surface area contributed by atoms with Crippen LogP contribution in [0.2, 0.25) is 0 Å². The largest absolute Gasteiger partial charge is 0.383 e. The van der Waals surface area contributed by atoms with Crippen molar-refractivity contribution < 1.29 is 4.79 Å². The molecule has 94 valence electrons. The van der Waals surface area contributed by atoms with Crippen LogP contribution < -0.4 is 5.32 Å². The highest BCUT2D eigenvalue weighted by Gasteiger charge is 2.23. The van der Waals surface area contributed by atoms with Gasteiger partial charge in [0.05, 0.1) is 0 Å². The molecule has 0 saturated carbocycles. The summed E-state index contributed by atoms with van der Waals surface area (Å²) in [6.45, 7) is 12.1. The smallest absolute Gasteiger partial charge is 0.168 e. The summed E-state index contributed by atoms with van der Waals surface area (Å²) in [6, 6.07) is 6.27. The van der Waals surface area contributed by atoms with Crippen LogP contribution in [0.3, 0.4) is 0 Å². The molecule has 0 amide bonds. The summed E-state index contributed by atoms with van der Waals surface area (Å²) >= 11 is 0. The van der Waals surface area contributed by atoms with Crippen LogP contribution in [0.15, 0.2) is 18.2 Å². The van der Waals surface area contributed by atoms with Gasteiger partial charge in [0.1, 0.15) is 0 Å². The Bertz CT molecular complexity index is 413. The monoisotopic (exact) mass is 233 g/mol. The van der Waals surface area contributed by atoms with Crippen LogP contribution in [0.5, 0.6) is 0 Å². The quantitative estimate of drug-likeness (QED) is 0.798. The molecule has 0 radical (unpaired) electrons. The van der Waals surface area contributed by atoms with E-state index in [1.54, 1.807) is 0 Å².